The molecule has 0 saturated carbocycles. The number of hydrogen-bond donors (Lipinski definition) is 2. The zero-order chi connectivity index (χ0) is 16.8. The predicted molar refractivity (Wildman–Crippen MR) is 94.2 cm³/mol. The van der Waals surface area contributed by atoms with Crippen LogP contribution in [0.5, 0.6) is 5.75 Å². The van der Waals surface area contributed by atoms with E-state index in [1.807, 2.05) is 44.2 Å². The van der Waals surface area contributed by atoms with Crippen LogP contribution in [0.4, 0.5) is 5.69 Å². The number of anilines is 1. The minimum atomic E-state index is -0.114. The van der Waals surface area contributed by atoms with Gasteiger partial charge in [0.1, 0.15) is 5.75 Å². The summed E-state index contributed by atoms with van der Waals surface area (Å²) in [5, 5.41) is 6.67. The van der Waals surface area contributed by atoms with Crippen molar-refractivity contribution in [3.63, 3.8) is 0 Å². The van der Waals surface area contributed by atoms with Gasteiger partial charge in [-0.15, -0.1) is 0 Å². The van der Waals surface area contributed by atoms with Gasteiger partial charge >= 0.3 is 0 Å². The Morgan fingerprint density at radius 3 is 2.74 bits per heavy atom. The van der Waals surface area contributed by atoms with Crippen LogP contribution in [0, 0.1) is 6.92 Å². The maximum atomic E-state index is 12.1. The van der Waals surface area contributed by atoms with Crippen molar-refractivity contribution in [1.29, 1.82) is 0 Å². The average Bonchev–Trinajstić information content (AvgIpc) is 2.56. The Morgan fingerprint density at radius 2 is 2.00 bits per heavy atom. The van der Waals surface area contributed by atoms with E-state index < -0.39 is 0 Å². The lowest BCUT2D eigenvalue weighted by Gasteiger charge is -2.17. The number of para-hydroxylation sites is 1. The molecule has 0 spiro atoms. The quantitative estimate of drug-likeness (QED) is 0.842. The summed E-state index contributed by atoms with van der Waals surface area (Å²) in [6, 6.07) is 13.2. The van der Waals surface area contributed by atoms with Crippen molar-refractivity contribution in [2.45, 2.75) is 19.9 Å². The van der Waals surface area contributed by atoms with Crippen LogP contribution in [0.25, 0.3) is 0 Å². The predicted octanol–water partition coefficient (Wildman–Crippen LogP) is 3.95. The van der Waals surface area contributed by atoms with Gasteiger partial charge in [-0.1, -0.05) is 35.9 Å². The molecule has 0 fully saturated rings. The van der Waals surface area contributed by atoms with Gasteiger partial charge in [-0.3, -0.25) is 4.79 Å². The number of aryl methyl sites for hydroxylation is 1. The number of carbonyl (C=O) groups is 1. The fraction of sp³-hybridized carbons (Fsp3) is 0.278. The van der Waals surface area contributed by atoms with E-state index in [2.05, 4.69) is 10.6 Å². The summed E-state index contributed by atoms with van der Waals surface area (Å²) in [5.41, 5.74) is 2.72. The Balaban J connectivity index is 1.95. The molecule has 2 rings (SSSR count). The molecule has 0 aliphatic heterocycles. The molecule has 2 aromatic carbocycles. The lowest BCUT2D eigenvalue weighted by atomic mass is 10.1. The molecular weight excluding hydrogens is 312 g/mol. The Kier molecular flexibility index (Phi) is 6.02. The summed E-state index contributed by atoms with van der Waals surface area (Å²) < 4.78 is 5.34. The van der Waals surface area contributed by atoms with Gasteiger partial charge in [-0.05, 0) is 37.6 Å². The summed E-state index contributed by atoms with van der Waals surface area (Å²) >= 11 is 5.96. The van der Waals surface area contributed by atoms with Gasteiger partial charge in [0, 0.05) is 22.3 Å². The van der Waals surface area contributed by atoms with E-state index in [0.717, 1.165) is 22.6 Å². The molecule has 0 aromatic heterocycles. The summed E-state index contributed by atoms with van der Waals surface area (Å²) in [5.74, 6) is 0.690. The minimum absolute atomic E-state index is 0.00245. The highest BCUT2D eigenvalue weighted by atomic mass is 35.5. The molecule has 5 heteroatoms. The van der Waals surface area contributed by atoms with Crippen LogP contribution in [0.3, 0.4) is 0 Å². The van der Waals surface area contributed by atoms with Crippen molar-refractivity contribution in [3.05, 3.63) is 58.6 Å². The lowest BCUT2D eigenvalue weighted by Crippen LogP contribution is -2.30. The van der Waals surface area contributed by atoms with Crippen LogP contribution in [0.1, 0.15) is 24.1 Å². The van der Waals surface area contributed by atoms with Gasteiger partial charge in [-0.2, -0.15) is 0 Å². The van der Waals surface area contributed by atoms with Crippen molar-refractivity contribution in [3.8, 4) is 5.75 Å². The van der Waals surface area contributed by atoms with E-state index in [-0.39, 0.29) is 18.5 Å². The number of ether oxygens (including phenoxy) is 1. The first kappa shape index (κ1) is 17.3. The molecule has 0 bridgehead atoms. The fourth-order valence-corrected chi connectivity index (χ4v) is 2.48. The SMILES string of the molecule is COc1ccccc1C(C)NCC(=O)Nc1cc(Cl)ccc1C. The first-order chi connectivity index (χ1) is 11.0. The third-order valence-corrected chi connectivity index (χ3v) is 3.88. The smallest absolute Gasteiger partial charge is 0.238 e. The summed E-state index contributed by atoms with van der Waals surface area (Å²) in [4.78, 5) is 12.1. The van der Waals surface area contributed by atoms with Gasteiger partial charge in [0.15, 0.2) is 0 Å². The molecule has 1 amide bonds. The Hall–Kier alpha value is -2.04. The van der Waals surface area contributed by atoms with Gasteiger partial charge < -0.3 is 15.4 Å². The molecule has 0 aliphatic rings. The Labute approximate surface area is 141 Å². The second-order valence-corrected chi connectivity index (χ2v) is 5.79. The number of nitrogens with one attached hydrogen (secondary N) is 2. The van der Waals surface area contributed by atoms with E-state index in [4.69, 9.17) is 16.3 Å². The number of rotatable bonds is 6. The molecule has 2 N–H and O–H groups in total. The van der Waals surface area contributed by atoms with E-state index in [1.54, 1.807) is 19.2 Å². The number of amides is 1. The van der Waals surface area contributed by atoms with Crippen LogP contribution >= 0.6 is 11.6 Å². The largest absolute Gasteiger partial charge is 0.496 e. The monoisotopic (exact) mass is 332 g/mol. The van der Waals surface area contributed by atoms with Gasteiger partial charge in [0.25, 0.3) is 0 Å². The molecule has 122 valence electrons. The second-order valence-electron chi connectivity index (χ2n) is 5.35. The maximum Gasteiger partial charge on any atom is 0.238 e. The van der Waals surface area contributed by atoms with Crippen molar-refractivity contribution < 1.29 is 9.53 Å². The van der Waals surface area contributed by atoms with Crippen LogP contribution in [0.15, 0.2) is 42.5 Å². The van der Waals surface area contributed by atoms with E-state index >= 15 is 0 Å². The highest BCUT2D eigenvalue weighted by molar-refractivity contribution is 6.31. The van der Waals surface area contributed by atoms with Crippen LogP contribution in [-0.2, 0) is 4.79 Å². The summed E-state index contributed by atoms with van der Waals surface area (Å²) in [6.07, 6.45) is 0. The molecule has 4 nitrogen and oxygen atoms in total. The molecule has 0 radical (unpaired) electrons. The van der Waals surface area contributed by atoms with Gasteiger partial charge in [0.2, 0.25) is 5.91 Å². The minimum Gasteiger partial charge on any atom is -0.496 e. The molecule has 23 heavy (non-hydrogen) atoms. The summed E-state index contributed by atoms with van der Waals surface area (Å²) in [7, 11) is 1.64. The van der Waals surface area contributed by atoms with Crippen LogP contribution in [0.2, 0.25) is 5.02 Å². The number of carbonyl (C=O) groups excluding carboxylic acids is 1. The lowest BCUT2D eigenvalue weighted by molar-refractivity contribution is -0.115. The number of benzene rings is 2. The molecule has 0 aliphatic carbocycles. The van der Waals surface area contributed by atoms with Crippen molar-refractivity contribution in [2.24, 2.45) is 0 Å². The van der Waals surface area contributed by atoms with Crippen molar-refractivity contribution >= 4 is 23.2 Å². The standard InChI is InChI=1S/C18H21ClN2O2/c1-12-8-9-14(19)10-16(12)21-18(22)11-20-13(2)15-6-4-5-7-17(15)23-3/h4-10,13,20H,11H2,1-3H3,(H,21,22). The van der Waals surface area contributed by atoms with E-state index in [1.165, 1.54) is 0 Å². The van der Waals surface area contributed by atoms with Gasteiger partial charge in [0.05, 0.1) is 13.7 Å². The average molecular weight is 333 g/mol. The second kappa shape index (κ2) is 7.99. The van der Waals surface area contributed by atoms with Crippen molar-refractivity contribution in [2.75, 3.05) is 19.0 Å². The first-order valence-corrected chi connectivity index (χ1v) is 7.81. The normalized spacial score (nSPS) is 11.8. The third kappa shape index (κ3) is 4.71. The molecular formula is C18H21ClN2O2. The molecule has 0 heterocycles. The zero-order valence-electron chi connectivity index (χ0n) is 13.5. The molecule has 2 aromatic rings. The van der Waals surface area contributed by atoms with Crippen LogP contribution < -0.4 is 15.4 Å². The maximum absolute atomic E-state index is 12.1. The van der Waals surface area contributed by atoms with E-state index in [9.17, 15) is 4.79 Å². The molecule has 1 atom stereocenters. The summed E-state index contributed by atoms with van der Waals surface area (Å²) in [6.45, 7) is 4.12. The number of hydrogen-bond acceptors (Lipinski definition) is 3. The first-order valence-electron chi connectivity index (χ1n) is 7.43. The molecule has 0 saturated heterocycles. The van der Waals surface area contributed by atoms with Crippen molar-refractivity contribution in [1.82, 2.24) is 5.32 Å². The number of halogens is 1. The zero-order valence-corrected chi connectivity index (χ0v) is 14.3. The topological polar surface area (TPSA) is 50.4 Å². The van der Waals surface area contributed by atoms with Gasteiger partial charge in [-0.25, -0.2) is 0 Å². The highest BCUT2D eigenvalue weighted by Crippen LogP contribution is 2.24. The fourth-order valence-electron chi connectivity index (χ4n) is 2.30. The van der Waals surface area contributed by atoms with Crippen LogP contribution in [-0.4, -0.2) is 19.6 Å². The third-order valence-electron chi connectivity index (χ3n) is 3.65. The number of methoxy groups -OCH3 is 1. The molecule has 1 unspecified atom stereocenters. The van der Waals surface area contributed by atoms with E-state index in [0.29, 0.717) is 5.02 Å². The Bertz CT molecular complexity index is 688. The Morgan fingerprint density at radius 1 is 1.26 bits per heavy atom. The highest BCUT2D eigenvalue weighted by Gasteiger charge is 2.12.